The molecule has 1 aliphatic carbocycles. The zero-order valence-corrected chi connectivity index (χ0v) is 9.90. The van der Waals surface area contributed by atoms with Crippen molar-refractivity contribution in [3.63, 3.8) is 0 Å². The Morgan fingerprint density at radius 3 is 2.41 bits per heavy atom. The zero-order chi connectivity index (χ0) is 12.4. The molecule has 0 N–H and O–H groups in total. The standard InChI is InChI=1S/C14H14O3/c1-9(2)8-17-13-7-12(15)10-5-3-4-6-11(10)14(13)16/h3-7,9H,8H2,1-2H3. The van der Waals surface area contributed by atoms with E-state index in [0.717, 1.165) is 0 Å². The lowest BCUT2D eigenvalue weighted by atomic mass is 9.94. The summed E-state index contributed by atoms with van der Waals surface area (Å²) in [6.07, 6.45) is 1.28. The molecule has 0 heterocycles. The quantitative estimate of drug-likeness (QED) is 0.801. The van der Waals surface area contributed by atoms with Crippen molar-refractivity contribution in [2.24, 2.45) is 5.92 Å². The maximum absolute atomic E-state index is 12.0. The molecule has 1 aromatic rings. The molecule has 88 valence electrons. The van der Waals surface area contributed by atoms with Crippen LogP contribution in [-0.2, 0) is 4.74 Å². The van der Waals surface area contributed by atoms with E-state index in [9.17, 15) is 9.59 Å². The zero-order valence-electron chi connectivity index (χ0n) is 9.90. The van der Waals surface area contributed by atoms with Crippen LogP contribution < -0.4 is 0 Å². The van der Waals surface area contributed by atoms with Gasteiger partial charge in [-0.2, -0.15) is 0 Å². The highest BCUT2D eigenvalue weighted by Gasteiger charge is 2.26. The summed E-state index contributed by atoms with van der Waals surface area (Å²) in [5.41, 5.74) is 0.883. The minimum atomic E-state index is -0.208. The van der Waals surface area contributed by atoms with E-state index in [1.54, 1.807) is 24.3 Å². The summed E-state index contributed by atoms with van der Waals surface area (Å²) in [5, 5.41) is 0. The van der Waals surface area contributed by atoms with Gasteiger partial charge in [-0.25, -0.2) is 0 Å². The van der Waals surface area contributed by atoms with Crippen LogP contribution in [-0.4, -0.2) is 18.2 Å². The van der Waals surface area contributed by atoms with Gasteiger partial charge in [-0.1, -0.05) is 38.1 Å². The highest BCUT2D eigenvalue weighted by Crippen LogP contribution is 2.21. The summed E-state index contributed by atoms with van der Waals surface area (Å²) in [6.45, 7) is 4.42. The Hall–Kier alpha value is -1.90. The van der Waals surface area contributed by atoms with E-state index in [1.807, 2.05) is 13.8 Å². The molecule has 0 saturated carbocycles. The van der Waals surface area contributed by atoms with Gasteiger partial charge in [0.05, 0.1) is 6.61 Å². The second-order valence-electron chi connectivity index (χ2n) is 4.45. The van der Waals surface area contributed by atoms with Gasteiger partial charge >= 0.3 is 0 Å². The molecule has 2 rings (SSSR count). The van der Waals surface area contributed by atoms with E-state index in [1.165, 1.54) is 6.08 Å². The highest BCUT2D eigenvalue weighted by molar-refractivity contribution is 6.23. The van der Waals surface area contributed by atoms with Crippen LogP contribution in [0.25, 0.3) is 0 Å². The molecule has 0 atom stereocenters. The van der Waals surface area contributed by atoms with Gasteiger partial charge in [0, 0.05) is 17.2 Å². The maximum Gasteiger partial charge on any atom is 0.228 e. The largest absolute Gasteiger partial charge is 0.489 e. The molecule has 0 fully saturated rings. The number of allylic oxidation sites excluding steroid dienone is 2. The van der Waals surface area contributed by atoms with E-state index in [4.69, 9.17) is 4.74 Å². The minimum absolute atomic E-state index is 0.155. The average molecular weight is 230 g/mol. The van der Waals surface area contributed by atoms with Crippen molar-refractivity contribution in [2.75, 3.05) is 6.61 Å². The smallest absolute Gasteiger partial charge is 0.228 e. The maximum atomic E-state index is 12.0. The monoisotopic (exact) mass is 230 g/mol. The first-order valence-corrected chi connectivity index (χ1v) is 5.62. The number of hydrogen-bond donors (Lipinski definition) is 0. The summed E-state index contributed by atoms with van der Waals surface area (Å²) in [6, 6.07) is 6.81. The third-order valence-corrected chi connectivity index (χ3v) is 2.50. The Morgan fingerprint density at radius 2 is 1.76 bits per heavy atom. The second-order valence-corrected chi connectivity index (χ2v) is 4.45. The van der Waals surface area contributed by atoms with Crippen LogP contribution in [0.1, 0.15) is 34.6 Å². The van der Waals surface area contributed by atoms with Crippen molar-refractivity contribution in [2.45, 2.75) is 13.8 Å². The van der Waals surface area contributed by atoms with Crippen LogP contribution in [0.3, 0.4) is 0 Å². The van der Waals surface area contributed by atoms with Crippen LogP contribution in [0.2, 0.25) is 0 Å². The Balaban J connectivity index is 2.29. The molecule has 0 spiro atoms. The van der Waals surface area contributed by atoms with Crippen molar-refractivity contribution in [1.29, 1.82) is 0 Å². The van der Waals surface area contributed by atoms with Crippen LogP contribution >= 0.6 is 0 Å². The normalized spacial score (nSPS) is 14.6. The topological polar surface area (TPSA) is 43.4 Å². The number of Topliss-reactive ketones (excluding diaryl/α,β-unsaturated/α-hetero) is 1. The third kappa shape index (κ3) is 2.28. The van der Waals surface area contributed by atoms with Crippen molar-refractivity contribution < 1.29 is 14.3 Å². The fourth-order valence-electron chi connectivity index (χ4n) is 1.65. The molecule has 3 heteroatoms. The number of hydrogen-bond acceptors (Lipinski definition) is 3. The SMILES string of the molecule is CC(C)COC1=CC(=O)c2ccccc2C1=O. The first-order chi connectivity index (χ1) is 8.09. The molecular formula is C14H14O3. The molecule has 1 aromatic carbocycles. The lowest BCUT2D eigenvalue weighted by molar-refractivity contribution is 0.0861. The Bertz CT molecular complexity index is 498. The van der Waals surface area contributed by atoms with Crippen molar-refractivity contribution in [3.8, 4) is 0 Å². The molecule has 3 nitrogen and oxygen atoms in total. The van der Waals surface area contributed by atoms with Gasteiger partial charge in [0.1, 0.15) is 0 Å². The van der Waals surface area contributed by atoms with Crippen molar-refractivity contribution in [1.82, 2.24) is 0 Å². The van der Waals surface area contributed by atoms with E-state index in [-0.39, 0.29) is 17.3 Å². The molecule has 0 aromatic heterocycles. The molecular weight excluding hydrogens is 216 g/mol. The summed E-state index contributed by atoms with van der Waals surface area (Å²) in [4.78, 5) is 23.8. The molecule has 0 unspecified atom stereocenters. The molecule has 17 heavy (non-hydrogen) atoms. The average Bonchev–Trinajstić information content (AvgIpc) is 2.32. The summed E-state index contributed by atoms with van der Waals surface area (Å²) in [7, 11) is 0. The van der Waals surface area contributed by atoms with Crippen LogP contribution in [0.5, 0.6) is 0 Å². The van der Waals surface area contributed by atoms with Gasteiger partial charge < -0.3 is 4.74 Å². The number of fused-ring (bicyclic) bond motifs is 1. The minimum Gasteiger partial charge on any atom is -0.489 e. The molecule has 1 aliphatic rings. The summed E-state index contributed by atoms with van der Waals surface area (Å²) < 4.78 is 5.37. The van der Waals surface area contributed by atoms with Gasteiger partial charge in [-0.15, -0.1) is 0 Å². The number of carbonyl (C=O) groups excluding carboxylic acids is 2. The van der Waals surface area contributed by atoms with Crippen LogP contribution in [0.15, 0.2) is 36.1 Å². The van der Waals surface area contributed by atoms with Gasteiger partial charge in [0.25, 0.3) is 0 Å². The van der Waals surface area contributed by atoms with Crippen LogP contribution in [0, 0.1) is 5.92 Å². The predicted molar refractivity (Wildman–Crippen MR) is 64.0 cm³/mol. The van der Waals surface area contributed by atoms with E-state index in [0.29, 0.717) is 23.7 Å². The van der Waals surface area contributed by atoms with Gasteiger partial charge in [0.15, 0.2) is 11.5 Å². The number of ether oxygens (including phenoxy) is 1. The second kappa shape index (κ2) is 4.53. The molecule has 0 radical (unpaired) electrons. The van der Waals surface area contributed by atoms with Gasteiger partial charge in [-0.05, 0) is 5.92 Å². The number of carbonyl (C=O) groups is 2. The lowest BCUT2D eigenvalue weighted by Gasteiger charge is -2.16. The van der Waals surface area contributed by atoms with Crippen LogP contribution in [0.4, 0.5) is 0 Å². The van der Waals surface area contributed by atoms with Gasteiger partial charge in [0.2, 0.25) is 5.78 Å². The van der Waals surface area contributed by atoms with Gasteiger partial charge in [-0.3, -0.25) is 9.59 Å². The first-order valence-electron chi connectivity index (χ1n) is 5.62. The van der Waals surface area contributed by atoms with Crippen molar-refractivity contribution >= 4 is 11.6 Å². The molecule has 0 amide bonds. The van der Waals surface area contributed by atoms with E-state index in [2.05, 4.69) is 0 Å². The first kappa shape index (κ1) is 11.6. The number of benzene rings is 1. The Morgan fingerprint density at radius 1 is 1.12 bits per heavy atom. The predicted octanol–water partition coefficient (Wildman–Crippen LogP) is 2.62. The Kier molecular flexibility index (Phi) is 3.09. The number of rotatable bonds is 3. The van der Waals surface area contributed by atoms with Crippen molar-refractivity contribution in [3.05, 3.63) is 47.2 Å². The summed E-state index contributed by atoms with van der Waals surface area (Å²) in [5.74, 6) is 0.0955. The fraction of sp³-hybridized carbons (Fsp3) is 0.286. The number of ketones is 2. The Labute approximate surface area is 100 Å². The molecule has 0 bridgehead atoms. The molecule has 0 aliphatic heterocycles. The third-order valence-electron chi connectivity index (χ3n) is 2.50. The lowest BCUT2D eigenvalue weighted by Crippen LogP contribution is -2.19. The molecule has 0 saturated heterocycles. The highest BCUT2D eigenvalue weighted by atomic mass is 16.5. The van der Waals surface area contributed by atoms with E-state index >= 15 is 0 Å². The summed E-state index contributed by atoms with van der Waals surface area (Å²) >= 11 is 0. The van der Waals surface area contributed by atoms with E-state index < -0.39 is 0 Å². The fourth-order valence-corrected chi connectivity index (χ4v) is 1.65.